The summed E-state index contributed by atoms with van der Waals surface area (Å²) >= 11 is 0. The highest BCUT2D eigenvalue weighted by atomic mass is 35.5. The molecule has 0 atom stereocenters. The summed E-state index contributed by atoms with van der Waals surface area (Å²) in [5.74, 6) is -0.546. The Kier molecular flexibility index (Phi) is 13.2. The number of aromatic nitrogens is 1. The van der Waals surface area contributed by atoms with Gasteiger partial charge < -0.3 is 25.5 Å². The van der Waals surface area contributed by atoms with E-state index in [-0.39, 0.29) is 42.9 Å². The monoisotopic (exact) mass is 707 g/mol. The van der Waals surface area contributed by atoms with Gasteiger partial charge in [0.2, 0.25) is 0 Å². The zero-order valence-electron chi connectivity index (χ0n) is 25.3. The molecule has 4 N–H and O–H groups in total. The fourth-order valence-corrected chi connectivity index (χ4v) is 5.77. The Balaban J connectivity index is 0.00000300. The van der Waals surface area contributed by atoms with E-state index in [9.17, 15) is 26.3 Å². The second-order valence-electron chi connectivity index (χ2n) is 11.0. The second kappa shape index (κ2) is 16.3. The molecule has 15 heteroatoms. The van der Waals surface area contributed by atoms with Crippen LogP contribution in [0.25, 0.3) is 22.0 Å². The fourth-order valence-electron chi connectivity index (χ4n) is 5.77. The van der Waals surface area contributed by atoms with Crippen LogP contribution in [0.1, 0.15) is 23.1 Å². The van der Waals surface area contributed by atoms with E-state index in [0.29, 0.717) is 31.7 Å². The topological polar surface area (TPSA) is 81.9 Å². The largest absolute Gasteiger partial charge is 0.573 e. The lowest BCUT2D eigenvalue weighted by atomic mass is 9.98. The van der Waals surface area contributed by atoms with E-state index in [1.165, 1.54) is 24.3 Å². The van der Waals surface area contributed by atoms with Crippen LogP contribution in [-0.4, -0.2) is 59.8 Å². The Labute approximate surface area is 281 Å². The van der Waals surface area contributed by atoms with Crippen LogP contribution < -0.4 is 20.9 Å². The molecule has 258 valence electrons. The van der Waals surface area contributed by atoms with Gasteiger partial charge in [0.25, 0.3) is 0 Å². The Morgan fingerprint density at radius 1 is 0.681 bits per heavy atom. The summed E-state index contributed by atoms with van der Waals surface area (Å²) < 4.78 is 86.6. The molecule has 3 aromatic carbocycles. The molecular weight excluding hydrogens is 671 g/mol. The lowest BCUT2D eigenvalue weighted by molar-refractivity contribution is -0.275. The van der Waals surface area contributed by atoms with Crippen molar-refractivity contribution in [3.63, 3.8) is 0 Å². The molecule has 0 unspecified atom stereocenters. The number of rotatable bonds is 11. The first-order chi connectivity index (χ1) is 21.4. The Morgan fingerprint density at radius 3 is 1.85 bits per heavy atom. The fraction of sp³-hybridized carbons (Fsp3) is 0.375. The maximum absolute atomic E-state index is 12.8. The first-order valence-corrected chi connectivity index (χ1v) is 14.6. The van der Waals surface area contributed by atoms with E-state index in [4.69, 9.17) is 11.5 Å². The van der Waals surface area contributed by atoms with Crippen LogP contribution in [0.5, 0.6) is 11.5 Å². The van der Waals surface area contributed by atoms with Gasteiger partial charge in [-0.2, -0.15) is 0 Å². The van der Waals surface area contributed by atoms with Gasteiger partial charge in [-0.05, 0) is 71.6 Å². The predicted octanol–water partition coefficient (Wildman–Crippen LogP) is 7.07. The van der Waals surface area contributed by atoms with Gasteiger partial charge in [-0.25, -0.2) is 0 Å². The predicted molar refractivity (Wildman–Crippen MR) is 174 cm³/mol. The number of halogens is 8. The van der Waals surface area contributed by atoms with Crippen LogP contribution in [0.15, 0.2) is 66.9 Å². The number of ether oxygens (including phenoxy) is 2. The Bertz CT molecular complexity index is 1610. The molecule has 1 aromatic heterocycles. The number of nitrogens with two attached hydrogens (primary N) is 2. The van der Waals surface area contributed by atoms with Gasteiger partial charge in [-0.3, -0.25) is 9.80 Å². The zero-order valence-corrected chi connectivity index (χ0v) is 27.0. The van der Waals surface area contributed by atoms with Crippen molar-refractivity contribution in [2.75, 3.05) is 32.7 Å². The van der Waals surface area contributed by atoms with Gasteiger partial charge in [-0.15, -0.1) is 51.2 Å². The highest BCUT2D eigenvalue weighted by Crippen LogP contribution is 2.36. The molecule has 0 spiro atoms. The molecular formula is C32H37Cl2F6N5O2. The van der Waals surface area contributed by atoms with Crippen LogP contribution >= 0.6 is 24.8 Å². The van der Waals surface area contributed by atoms with Crippen molar-refractivity contribution in [1.82, 2.24) is 14.4 Å². The van der Waals surface area contributed by atoms with Crippen molar-refractivity contribution in [3.05, 3.63) is 83.6 Å². The van der Waals surface area contributed by atoms with Crippen molar-refractivity contribution in [2.45, 2.75) is 45.3 Å². The van der Waals surface area contributed by atoms with Crippen LogP contribution in [0.3, 0.4) is 0 Å². The third-order valence-corrected chi connectivity index (χ3v) is 7.78. The summed E-state index contributed by atoms with van der Waals surface area (Å²) in [7, 11) is 0. The molecule has 0 radical (unpaired) electrons. The van der Waals surface area contributed by atoms with Crippen molar-refractivity contribution < 1.29 is 35.8 Å². The van der Waals surface area contributed by atoms with E-state index in [1.807, 2.05) is 6.20 Å². The van der Waals surface area contributed by atoms with Crippen molar-refractivity contribution in [2.24, 2.45) is 11.5 Å². The first-order valence-electron chi connectivity index (χ1n) is 14.6. The van der Waals surface area contributed by atoms with E-state index < -0.39 is 12.7 Å². The smallest absolute Gasteiger partial charge is 0.406 e. The van der Waals surface area contributed by atoms with Gasteiger partial charge >= 0.3 is 12.7 Å². The van der Waals surface area contributed by atoms with E-state index >= 15 is 0 Å². The lowest BCUT2D eigenvalue weighted by Gasteiger charge is -2.34. The van der Waals surface area contributed by atoms with Crippen LogP contribution in [0, 0.1) is 0 Å². The minimum absolute atomic E-state index is 0. The molecule has 0 bridgehead atoms. The van der Waals surface area contributed by atoms with Gasteiger partial charge in [0.05, 0.1) is 0 Å². The van der Waals surface area contributed by atoms with Gasteiger partial charge in [-0.1, -0.05) is 24.3 Å². The Morgan fingerprint density at radius 2 is 1.28 bits per heavy atom. The van der Waals surface area contributed by atoms with Crippen LogP contribution in [0.2, 0.25) is 0 Å². The number of aryl methyl sites for hydroxylation is 1. The third-order valence-electron chi connectivity index (χ3n) is 7.78. The molecule has 2 heterocycles. The molecule has 1 aliphatic heterocycles. The highest BCUT2D eigenvalue weighted by Gasteiger charge is 2.32. The molecule has 1 saturated heterocycles. The molecule has 4 aromatic rings. The normalized spacial score (nSPS) is 14.5. The zero-order chi connectivity index (χ0) is 32.2. The second-order valence-corrected chi connectivity index (χ2v) is 11.0. The van der Waals surface area contributed by atoms with Crippen molar-refractivity contribution in [3.8, 4) is 22.6 Å². The molecule has 0 saturated carbocycles. The molecule has 47 heavy (non-hydrogen) atoms. The average Bonchev–Trinajstić information content (AvgIpc) is 3.33. The molecule has 1 aliphatic rings. The summed E-state index contributed by atoms with van der Waals surface area (Å²) in [5.41, 5.74) is 16.7. The number of alkyl halides is 6. The summed E-state index contributed by atoms with van der Waals surface area (Å²) in [4.78, 5) is 4.52. The molecule has 0 aliphatic carbocycles. The van der Waals surface area contributed by atoms with Gasteiger partial charge in [0, 0.05) is 75.0 Å². The number of nitrogens with zero attached hydrogens (tertiary/aromatic N) is 3. The number of benzene rings is 3. The summed E-state index contributed by atoms with van der Waals surface area (Å²) in [6, 6.07) is 16.5. The van der Waals surface area contributed by atoms with Gasteiger partial charge in [0.1, 0.15) is 11.5 Å². The minimum atomic E-state index is -4.80. The number of piperazine rings is 1. The third kappa shape index (κ3) is 10.4. The summed E-state index contributed by atoms with van der Waals surface area (Å²) in [6.45, 7) is 5.50. The van der Waals surface area contributed by atoms with Crippen molar-refractivity contribution >= 4 is 35.7 Å². The van der Waals surface area contributed by atoms with Gasteiger partial charge in [0.15, 0.2) is 0 Å². The van der Waals surface area contributed by atoms with Crippen molar-refractivity contribution in [1.29, 1.82) is 0 Å². The number of hydrogen-bond donors (Lipinski definition) is 2. The highest BCUT2D eigenvalue weighted by molar-refractivity contribution is 5.97. The first kappa shape index (κ1) is 38.2. The Hall–Kier alpha value is -3.20. The quantitative estimate of drug-likeness (QED) is 0.162. The molecule has 7 nitrogen and oxygen atoms in total. The van der Waals surface area contributed by atoms with E-state index in [1.54, 1.807) is 18.2 Å². The molecule has 5 rings (SSSR count). The molecule has 0 amide bonds. The van der Waals surface area contributed by atoms with Crippen LogP contribution in [-0.2, 0) is 26.2 Å². The maximum atomic E-state index is 12.8. The molecule has 1 fully saturated rings. The standard InChI is InChI=1S/C32H35F6N5O2.2ClH/c33-31(34,35)44-25-4-1-3-22(15-25)19-41-11-13-42(14-12-41)20-23-5-8-30-28(16-23)29(21-43(30)10-2-9-39)27-7-6-26(17-24(27)18-40)45-32(36,37)38;;/h1,3-8,15-17,21H,2,9-14,18-20,39-40H2;2*1H. The minimum Gasteiger partial charge on any atom is -0.406 e. The SMILES string of the molecule is Cl.Cl.NCCCn1cc(-c2ccc(OC(F)(F)F)cc2CN)c2cc(CN3CCN(Cc4cccc(OC(F)(F)F)c4)CC3)ccc21. The summed E-state index contributed by atoms with van der Waals surface area (Å²) in [6.07, 6.45) is -6.78. The van der Waals surface area contributed by atoms with Crippen LogP contribution in [0.4, 0.5) is 26.3 Å². The lowest BCUT2D eigenvalue weighted by Crippen LogP contribution is -2.45. The summed E-state index contributed by atoms with van der Waals surface area (Å²) in [5, 5.41) is 0.961. The van der Waals surface area contributed by atoms with E-state index in [0.717, 1.165) is 65.8 Å². The number of fused-ring (bicyclic) bond motifs is 1. The van der Waals surface area contributed by atoms with E-state index in [2.05, 4.69) is 42.0 Å². The average molecular weight is 709 g/mol. The maximum Gasteiger partial charge on any atom is 0.573 e. The number of hydrogen-bond acceptors (Lipinski definition) is 6.